The lowest BCUT2D eigenvalue weighted by atomic mass is 9.94. The van der Waals surface area contributed by atoms with E-state index in [2.05, 4.69) is 0 Å². The number of hydrogen-bond acceptors (Lipinski definition) is 3. The van der Waals surface area contributed by atoms with E-state index in [0.29, 0.717) is 17.0 Å². The van der Waals surface area contributed by atoms with Gasteiger partial charge in [0.15, 0.2) is 0 Å². The van der Waals surface area contributed by atoms with Crippen molar-refractivity contribution in [2.45, 2.75) is 18.9 Å². The lowest BCUT2D eigenvalue weighted by Crippen LogP contribution is -2.47. The van der Waals surface area contributed by atoms with Crippen LogP contribution in [0.5, 0.6) is 0 Å². The molecule has 1 atom stereocenters. The average Bonchev–Trinajstić information content (AvgIpc) is 2.45. The van der Waals surface area contributed by atoms with Crippen LogP contribution in [0.3, 0.4) is 0 Å². The zero-order valence-corrected chi connectivity index (χ0v) is 11.3. The highest BCUT2D eigenvalue weighted by atomic mass is 19.1. The standard InChI is InChI=1S/C16H15FN2O2/c17-13-8-11(6-10-4-2-1-3-5-10)7-12-9-14(18)16(20)19(21)15(12)13/h1-5,7-8,14,21H,6,9,18H2/t14-/m0/s1. The molecule has 0 unspecified atom stereocenters. The Morgan fingerprint density at radius 3 is 2.67 bits per heavy atom. The molecule has 3 N–H and O–H groups in total. The topological polar surface area (TPSA) is 66.6 Å². The minimum Gasteiger partial charge on any atom is -0.320 e. The van der Waals surface area contributed by atoms with Crippen molar-refractivity contribution in [2.75, 3.05) is 5.06 Å². The molecule has 0 saturated heterocycles. The molecule has 2 aromatic carbocycles. The average molecular weight is 286 g/mol. The van der Waals surface area contributed by atoms with Crippen LogP contribution in [-0.4, -0.2) is 17.2 Å². The molecule has 2 aromatic rings. The van der Waals surface area contributed by atoms with Gasteiger partial charge in [-0.1, -0.05) is 36.4 Å². The van der Waals surface area contributed by atoms with Crippen molar-refractivity contribution in [3.63, 3.8) is 0 Å². The van der Waals surface area contributed by atoms with Gasteiger partial charge in [-0.05, 0) is 35.6 Å². The van der Waals surface area contributed by atoms with Gasteiger partial charge in [0.25, 0.3) is 5.91 Å². The van der Waals surface area contributed by atoms with Gasteiger partial charge in [0.05, 0.1) is 6.04 Å². The third-order valence-corrected chi connectivity index (χ3v) is 3.63. The summed E-state index contributed by atoms with van der Waals surface area (Å²) in [5.74, 6) is -1.29. The number of nitrogens with zero attached hydrogens (tertiary/aromatic N) is 1. The van der Waals surface area contributed by atoms with Crippen LogP contribution in [0.2, 0.25) is 0 Å². The molecule has 0 spiro atoms. The summed E-state index contributed by atoms with van der Waals surface area (Å²) >= 11 is 0. The van der Waals surface area contributed by atoms with Gasteiger partial charge in [0, 0.05) is 0 Å². The number of nitrogens with two attached hydrogens (primary N) is 1. The number of carbonyl (C=O) groups is 1. The third-order valence-electron chi connectivity index (χ3n) is 3.63. The predicted octanol–water partition coefficient (Wildman–Crippen LogP) is 2.02. The zero-order chi connectivity index (χ0) is 15.0. The van der Waals surface area contributed by atoms with E-state index in [-0.39, 0.29) is 12.1 Å². The monoisotopic (exact) mass is 286 g/mol. The molecule has 1 aliphatic heterocycles. The maximum Gasteiger partial charge on any atom is 0.268 e. The highest BCUT2D eigenvalue weighted by Crippen LogP contribution is 2.31. The molecule has 1 amide bonds. The number of halogens is 1. The molecule has 108 valence electrons. The van der Waals surface area contributed by atoms with Gasteiger partial charge in [-0.3, -0.25) is 10.0 Å². The number of benzene rings is 2. The number of hydrogen-bond donors (Lipinski definition) is 2. The molecule has 0 aliphatic carbocycles. The molecular formula is C16H15FN2O2. The molecule has 3 rings (SSSR count). The maximum atomic E-state index is 14.2. The van der Waals surface area contributed by atoms with Crippen LogP contribution in [0.1, 0.15) is 16.7 Å². The summed E-state index contributed by atoms with van der Waals surface area (Å²) < 4.78 is 14.2. The normalized spacial score (nSPS) is 17.8. The summed E-state index contributed by atoms with van der Waals surface area (Å²) in [5.41, 5.74) is 7.98. The van der Waals surface area contributed by atoms with Crippen LogP contribution in [0.25, 0.3) is 0 Å². The van der Waals surface area contributed by atoms with Gasteiger partial charge in [-0.2, -0.15) is 5.06 Å². The Kier molecular flexibility index (Phi) is 3.45. The van der Waals surface area contributed by atoms with Crippen molar-refractivity contribution >= 4 is 11.6 Å². The molecular weight excluding hydrogens is 271 g/mol. The highest BCUT2D eigenvalue weighted by molar-refractivity contribution is 5.98. The van der Waals surface area contributed by atoms with Crippen LogP contribution >= 0.6 is 0 Å². The van der Waals surface area contributed by atoms with Gasteiger partial charge in [0.2, 0.25) is 0 Å². The Morgan fingerprint density at radius 2 is 1.95 bits per heavy atom. The second-order valence-electron chi connectivity index (χ2n) is 5.21. The number of carbonyl (C=O) groups excluding carboxylic acids is 1. The lowest BCUT2D eigenvalue weighted by Gasteiger charge is -2.28. The van der Waals surface area contributed by atoms with E-state index in [1.807, 2.05) is 30.3 Å². The molecule has 0 bridgehead atoms. The minimum atomic E-state index is -0.839. The van der Waals surface area contributed by atoms with Crippen molar-refractivity contribution in [1.29, 1.82) is 0 Å². The van der Waals surface area contributed by atoms with E-state index >= 15 is 0 Å². The lowest BCUT2D eigenvalue weighted by molar-refractivity contribution is -0.125. The first-order chi connectivity index (χ1) is 10.1. The van der Waals surface area contributed by atoms with Crippen molar-refractivity contribution in [2.24, 2.45) is 5.73 Å². The van der Waals surface area contributed by atoms with E-state index in [1.54, 1.807) is 6.07 Å². The molecule has 4 nitrogen and oxygen atoms in total. The first-order valence-corrected chi connectivity index (χ1v) is 6.70. The molecule has 1 heterocycles. The Labute approximate surface area is 121 Å². The molecule has 1 aliphatic rings. The van der Waals surface area contributed by atoms with Crippen LogP contribution in [0, 0.1) is 5.82 Å². The first-order valence-electron chi connectivity index (χ1n) is 6.70. The summed E-state index contributed by atoms with van der Waals surface area (Å²) in [6, 6.07) is 12.0. The third kappa shape index (κ3) is 2.53. The van der Waals surface area contributed by atoms with E-state index in [9.17, 15) is 14.4 Å². The van der Waals surface area contributed by atoms with E-state index in [0.717, 1.165) is 11.1 Å². The second kappa shape index (κ2) is 5.27. The quantitative estimate of drug-likeness (QED) is 0.830. The van der Waals surface area contributed by atoms with Gasteiger partial charge >= 0.3 is 0 Å². The molecule has 21 heavy (non-hydrogen) atoms. The Balaban J connectivity index is 1.98. The second-order valence-corrected chi connectivity index (χ2v) is 5.21. The van der Waals surface area contributed by atoms with Crippen molar-refractivity contribution < 1.29 is 14.4 Å². The smallest absolute Gasteiger partial charge is 0.268 e. The fourth-order valence-corrected chi connectivity index (χ4v) is 2.64. The number of hydroxylamine groups is 1. The molecule has 0 radical (unpaired) electrons. The van der Waals surface area contributed by atoms with Gasteiger partial charge < -0.3 is 5.73 Å². The Morgan fingerprint density at radius 1 is 1.24 bits per heavy atom. The van der Waals surface area contributed by atoms with Crippen LogP contribution in [0.15, 0.2) is 42.5 Å². The summed E-state index contributed by atoms with van der Waals surface area (Å²) in [4.78, 5) is 11.6. The van der Waals surface area contributed by atoms with Crippen molar-refractivity contribution in [3.05, 3.63) is 65.0 Å². The SMILES string of the molecule is N[C@H]1Cc2cc(Cc3ccccc3)cc(F)c2N(O)C1=O. The van der Waals surface area contributed by atoms with Gasteiger partial charge in [-0.25, -0.2) is 4.39 Å². The first kappa shape index (κ1) is 13.7. The number of amides is 1. The summed E-state index contributed by atoms with van der Waals surface area (Å²) in [6.45, 7) is 0. The molecule has 0 saturated carbocycles. The fourth-order valence-electron chi connectivity index (χ4n) is 2.64. The van der Waals surface area contributed by atoms with Crippen molar-refractivity contribution in [1.82, 2.24) is 0 Å². The largest absolute Gasteiger partial charge is 0.320 e. The number of rotatable bonds is 2. The molecule has 0 aromatic heterocycles. The summed E-state index contributed by atoms with van der Waals surface area (Å²) in [7, 11) is 0. The maximum absolute atomic E-state index is 14.2. The summed E-state index contributed by atoms with van der Waals surface area (Å²) in [6.07, 6.45) is 0.810. The zero-order valence-electron chi connectivity index (χ0n) is 11.3. The molecule has 0 fully saturated rings. The van der Waals surface area contributed by atoms with Gasteiger partial charge in [-0.15, -0.1) is 0 Å². The minimum absolute atomic E-state index is 0.0847. The van der Waals surface area contributed by atoms with Crippen LogP contribution < -0.4 is 10.8 Å². The number of anilines is 1. The Bertz CT molecular complexity index is 688. The van der Waals surface area contributed by atoms with E-state index in [4.69, 9.17) is 5.73 Å². The number of fused-ring (bicyclic) bond motifs is 1. The Hall–Kier alpha value is -2.24. The van der Waals surface area contributed by atoms with Crippen molar-refractivity contribution in [3.8, 4) is 0 Å². The van der Waals surface area contributed by atoms with Crippen LogP contribution in [-0.2, 0) is 17.6 Å². The van der Waals surface area contributed by atoms with E-state index in [1.165, 1.54) is 6.07 Å². The summed E-state index contributed by atoms with van der Waals surface area (Å²) in [5, 5.41) is 10.1. The molecule has 5 heteroatoms. The van der Waals surface area contributed by atoms with E-state index < -0.39 is 17.8 Å². The predicted molar refractivity (Wildman–Crippen MR) is 76.6 cm³/mol. The fraction of sp³-hybridized carbons (Fsp3) is 0.188. The van der Waals surface area contributed by atoms with Crippen LogP contribution in [0.4, 0.5) is 10.1 Å². The van der Waals surface area contributed by atoms with Gasteiger partial charge in [0.1, 0.15) is 11.5 Å². The highest BCUT2D eigenvalue weighted by Gasteiger charge is 2.32.